The molecule has 27 heavy (non-hydrogen) atoms. The van der Waals surface area contributed by atoms with Gasteiger partial charge in [-0.3, -0.25) is 9.59 Å². The first-order valence-corrected chi connectivity index (χ1v) is 8.68. The van der Waals surface area contributed by atoms with E-state index in [1.54, 1.807) is 36.4 Å². The van der Waals surface area contributed by atoms with Crippen molar-refractivity contribution in [1.82, 2.24) is 15.1 Å². The maximum absolute atomic E-state index is 11.9. The van der Waals surface area contributed by atoms with Gasteiger partial charge in [0.2, 0.25) is 0 Å². The first-order valence-electron chi connectivity index (χ1n) is 8.30. The summed E-state index contributed by atoms with van der Waals surface area (Å²) in [5.74, 6) is 0.841. The molecular weight excluding hydrogens is 370 g/mol. The highest BCUT2D eigenvalue weighted by Crippen LogP contribution is 2.20. The summed E-state index contributed by atoms with van der Waals surface area (Å²) in [5.41, 5.74) is 1.16. The average molecular weight is 388 g/mol. The summed E-state index contributed by atoms with van der Waals surface area (Å²) in [7, 11) is 0. The molecule has 8 heteroatoms. The second-order valence-electron chi connectivity index (χ2n) is 5.81. The second-order valence-corrected chi connectivity index (χ2v) is 6.21. The third-order valence-corrected chi connectivity index (χ3v) is 4.21. The van der Waals surface area contributed by atoms with Crippen molar-refractivity contribution in [3.63, 3.8) is 0 Å². The van der Waals surface area contributed by atoms with Gasteiger partial charge >= 0.3 is 0 Å². The van der Waals surface area contributed by atoms with Crippen molar-refractivity contribution in [3.05, 3.63) is 69.7 Å². The van der Waals surface area contributed by atoms with Gasteiger partial charge in [-0.2, -0.15) is 5.10 Å². The number of benzene rings is 1. The molecule has 0 unspecified atom stereocenters. The number of furan rings is 1. The normalized spacial score (nSPS) is 10.6. The van der Waals surface area contributed by atoms with Gasteiger partial charge in [0.15, 0.2) is 12.4 Å². The molecule has 0 aliphatic heterocycles. The minimum atomic E-state index is -0.294. The Bertz CT molecular complexity index is 983. The van der Waals surface area contributed by atoms with Crippen LogP contribution in [-0.2, 0) is 11.3 Å². The molecule has 0 saturated carbocycles. The van der Waals surface area contributed by atoms with Gasteiger partial charge in [0.25, 0.3) is 11.5 Å². The standard InChI is InChI=1S/C19H18ClN3O4/c1-13-11-14(4-5-15(13)20)27-12-18(24)21-8-9-23-19(25)7-6-16(22-23)17-3-2-10-26-17/h2-7,10-11H,8-9,12H2,1H3,(H,21,24). The van der Waals surface area contributed by atoms with E-state index >= 15 is 0 Å². The molecule has 0 atom stereocenters. The van der Waals surface area contributed by atoms with E-state index in [4.69, 9.17) is 20.8 Å². The summed E-state index contributed by atoms with van der Waals surface area (Å²) in [4.78, 5) is 23.8. The van der Waals surface area contributed by atoms with E-state index in [1.165, 1.54) is 17.0 Å². The minimum absolute atomic E-state index is 0.129. The molecule has 2 aromatic heterocycles. The van der Waals surface area contributed by atoms with Gasteiger partial charge in [-0.05, 0) is 48.9 Å². The molecule has 0 spiro atoms. The Kier molecular flexibility index (Phi) is 5.93. The molecule has 140 valence electrons. The zero-order valence-corrected chi connectivity index (χ0v) is 15.4. The predicted molar refractivity (Wildman–Crippen MR) is 101 cm³/mol. The summed E-state index contributed by atoms with van der Waals surface area (Å²) in [6.07, 6.45) is 1.54. The number of carbonyl (C=O) groups excluding carboxylic acids is 1. The van der Waals surface area contributed by atoms with E-state index < -0.39 is 0 Å². The maximum atomic E-state index is 11.9. The van der Waals surface area contributed by atoms with Crippen LogP contribution in [0.1, 0.15) is 5.56 Å². The van der Waals surface area contributed by atoms with E-state index in [0.717, 1.165) is 5.56 Å². The Morgan fingerprint density at radius 3 is 2.89 bits per heavy atom. The molecule has 1 amide bonds. The molecule has 0 bridgehead atoms. The van der Waals surface area contributed by atoms with Gasteiger partial charge in [-0.1, -0.05) is 11.6 Å². The van der Waals surface area contributed by atoms with Crippen LogP contribution in [0.4, 0.5) is 0 Å². The van der Waals surface area contributed by atoms with Gasteiger partial charge in [0, 0.05) is 17.6 Å². The molecule has 0 aliphatic carbocycles. The highest BCUT2D eigenvalue weighted by atomic mass is 35.5. The largest absolute Gasteiger partial charge is 0.484 e. The summed E-state index contributed by atoms with van der Waals surface area (Å²) in [6.45, 7) is 2.21. The number of carbonyl (C=O) groups is 1. The van der Waals surface area contributed by atoms with Crippen LogP contribution in [-0.4, -0.2) is 28.8 Å². The zero-order chi connectivity index (χ0) is 19.2. The lowest BCUT2D eigenvalue weighted by Crippen LogP contribution is -2.34. The lowest BCUT2D eigenvalue weighted by Gasteiger charge is -2.09. The first kappa shape index (κ1) is 18.7. The molecule has 0 aliphatic rings. The highest BCUT2D eigenvalue weighted by molar-refractivity contribution is 6.31. The van der Waals surface area contributed by atoms with Crippen LogP contribution in [0.3, 0.4) is 0 Å². The SMILES string of the molecule is Cc1cc(OCC(=O)NCCn2nc(-c3ccco3)ccc2=O)ccc1Cl. The van der Waals surface area contributed by atoms with Crippen molar-refractivity contribution in [2.45, 2.75) is 13.5 Å². The Hall–Kier alpha value is -3.06. The fraction of sp³-hybridized carbons (Fsp3) is 0.211. The van der Waals surface area contributed by atoms with Crippen molar-refractivity contribution >= 4 is 17.5 Å². The highest BCUT2D eigenvalue weighted by Gasteiger charge is 2.07. The Labute approximate surface area is 160 Å². The third-order valence-electron chi connectivity index (χ3n) is 3.79. The molecular formula is C19H18ClN3O4. The maximum Gasteiger partial charge on any atom is 0.266 e. The van der Waals surface area contributed by atoms with Crippen molar-refractivity contribution < 1.29 is 13.9 Å². The van der Waals surface area contributed by atoms with Crippen molar-refractivity contribution in [1.29, 1.82) is 0 Å². The lowest BCUT2D eigenvalue weighted by atomic mass is 10.2. The van der Waals surface area contributed by atoms with Crippen molar-refractivity contribution in [2.75, 3.05) is 13.2 Å². The van der Waals surface area contributed by atoms with Crippen LogP contribution < -0.4 is 15.6 Å². The molecule has 0 radical (unpaired) electrons. The fourth-order valence-corrected chi connectivity index (χ4v) is 2.49. The second kappa shape index (κ2) is 8.55. The topological polar surface area (TPSA) is 86.4 Å². The molecule has 3 rings (SSSR count). The van der Waals surface area contributed by atoms with E-state index in [0.29, 0.717) is 22.2 Å². The quantitative estimate of drug-likeness (QED) is 0.673. The Balaban J connectivity index is 1.50. The van der Waals surface area contributed by atoms with Crippen LogP contribution in [0.5, 0.6) is 5.75 Å². The van der Waals surface area contributed by atoms with E-state index in [9.17, 15) is 9.59 Å². The van der Waals surface area contributed by atoms with Crippen LogP contribution in [0.25, 0.3) is 11.5 Å². The molecule has 2 heterocycles. The molecule has 3 aromatic rings. The number of nitrogens with zero attached hydrogens (tertiary/aromatic N) is 2. The molecule has 0 fully saturated rings. The monoisotopic (exact) mass is 387 g/mol. The van der Waals surface area contributed by atoms with Gasteiger partial charge in [0.1, 0.15) is 11.4 Å². The number of aromatic nitrogens is 2. The third kappa shape index (κ3) is 4.98. The number of nitrogens with one attached hydrogen (secondary N) is 1. The van der Waals surface area contributed by atoms with Crippen LogP contribution in [0, 0.1) is 6.92 Å². The smallest absolute Gasteiger partial charge is 0.266 e. The zero-order valence-electron chi connectivity index (χ0n) is 14.6. The molecule has 1 aromatic carbocycles. The van der Waals surface area contributed by atoms with Crippen LogP contribution in [0.2, 0.25) is 5.02 Å². The van der Waals surface area contributed by atoms with Crippen LogP contribution >= 0.6 is 11.6 Å². The van der Waals surface area contributed by atoms with E-state index in [1.807, 2.05) is 6.92 Å². The van der Waals surface area contributed by atoms with Crippen LogP contribution in [0.15, 0.2) is 57.9 Å². The number of rotatable bonds is 7. The van der Waals surface area contributed by atoms with Gasteiger partial charge in [-0.25, -0.2) is 4.68 Å². The average Bonchev–Trinajstić information content (AvgIpc) is 3.19. The fourth-order valence-electron chi connectivity index (χ4n) is 2.37. The van der Waals surface area contributed by atoms with E-state index in [-0.39, 0.29) is 31.2 Å². The summed E-state index contributed by atoms with van der Waals surface area (Å²) < 4.78 is 12.0. The lowest BCUT2D eigenvalue weighted by molar-refractivity contribution is -0.123. The summed E-state index contributed by atoms with van der Waals surface area (Å²) in [6, 6.07) is 11.7. The van der Waals surface area contributed by atoms with Gasteiger partial charge in [0.05, 0.1) is 12.8 Å². The number of aryl methyl sites for hydroxylation is 1. The number of halogens is 1. The number of hydrogen-bond acceptors (Lipinski definition) is 5. The number of ether oxygens (including phenoxy) is 1. The molecule has 0 saturated heterocycles. The van der Waals surface area contributed by atoms with Crippen molar-refractivity contribution in [2.24, 2.45) is 0 Å². The Morgan fingerprint density at radius 1 is 1.30 bits per heavy atom. The van der Waals surface area contributed by atoms with Gasteiger partial charge < -0.3 is 14.5 Å². The number of amides is 1. The molecule has 1 N–H and O–H groups in total. The summed E-state index contributed by atoms with van der Waals surface area (Å²) in [5, 5.41) is 7.57. The van der Waals surface area contributed by atoms with Gasteiger partial charge in [-0.15, -0.1) is 0 Å². The Morgan fingerprint density at radius 2 is 2.15 bits per heavy atom. The number of hydrogen-bond donors (Lipinski definition) is 1. The predicted octanol–water partition coefficient (Wildman–Crippen LogP) is 2.66. The first-order chi connectivity index (χ1) is 13.0. The molecule has 7 nitrogen and oxygen atoms in total. The minimum Gasteiger partial charge on any atom is -0.484 e. The van der Waals surface area contributed by atoms with Crippen molar-refractivity contribution in [3.8, 4) is 17.2 Å². The summed E-state index contributed by atoms with van der Waals surface area (Å²) >= 11 is 5.95. The van der Waals surface area contributed by atoms with E-state index in [2.05, 4.69) is 10.4 Å².